The maximum absolute atomic E-state index is 4.40. The van der Waals surface area contributed by atoms with Gasteiger partial charge in [0.05, 0.1) is 11.4 Å². The number of anilines is 1. The van der Waals surface area contributed by atoms with Gasteiger partial charge < -0.3 is 5.32 Å². The molecule has 0 saturated heterocycles. The second-order valence-corrected chi connectivity index (χ2v) is 6.24. The first-order chi connectivity index (χ1) is 9.38. The van der Waals surface area contributed by atoms with Gasteiger partial charge in [0.2, 0.25) is 0 Å². The fourth-order valence-corrected chi connectivity index (χ4v) is 3.68. The van der Waals surface area contributed by atoms with E-state index in [1.54, 1.807) is 29.0 Å². The van der Waals surface area contributed by atoms with Crippen molar-refractivity contribution >= 4 is 38.7 Å². The van der Waals surface area contributed by atoms with Crippen LogP contribution in [-0.4, -0.2) is 9.97 Å². The molecule has 1 atom stereocenters. The number of hydrogen-bond donors (Lipinski definition) is 1. The lowest BCUT2D eigenvalue weighted by atomic mass is 10.1. The summed E-state index contributed by atoms with van der Waals surface area (Å²) in [5, 5.41) is 8.88. The van der Waals surface area contributed by atoms with Gasteiger partial charge in [0, 0.05) is 4.88 Å². The largest absolute Gasteiger partial charge is 0.362 e. The summed E-state index contributed by atoms with van der Waals surface area (Å²) >= 11 is 3.45. The van der Waals surface area contributed by atoms with Crippen molar-refractivity contribution in [2.45, 2.75) is 25.8 Å². The summed E-state index contributed by atoms with van der Waals surface area (Å²) in [5.74, 6) is 0.943. The number of aromatic nitrogens is 2. The van der Waals surface area contributed by atoms with Crippen LogP contribution in [0, 0.1) is 0 Å². The summed E-state index contributed by atoms with van der Waals surface area (Å²) in [6, 6.07) is 6.71. The van der Waals surface area contributed by atoms with E-state index in [0.717, 1.165) is 28.9 Å². The van der Waals surface area contributed by atoms with Gasteiger partial charge in [0.25, 0.3) is 0 Å². The molecule has 0 saturated carbocycles. The van der Waals surface area contributed by atoms with Crippen molar-refractivity contribution in [1.82, 2.24) is 9.97 Å². The number of nitrogens with one attached hydrogen (secondary N) is 1. The molecule has 3 heterocycles. The van der Waals surface area contributed by atoms with Gasteiger partial charge in [-0.25, -0.2) is 9.97 Å². The molecule has 3 rings (SSSR count). The third-order valence-corrected chi connectivity index (χ3v) is 4.84. The summed E-state index contributed by atoms with van der Waals surface area (Å²) in [4.78, 5) is 11.1. The smallest absolute Gasteiger partial charge is 0.138 e. The molecule has 0 aliphatic carbocycles. The highest BCUT2D eigenvalue weighted by Crippen LogP contribution is 2.30. The topological polar surface area (TPSA) is 37.8 Å². The van der Waals surface area contributed by atoms with Crippen molar-refractivity contribution in [2.24, 2.45) is 0 Å². The molecular weight excluding hydrogens is 274 g/mol. The van der Waals surface area contributed by atoms with E-state index in [0.29, 0.717) is 6.04 Å². The van der Waals surface area contributed by atoms with E-state index < -0.39 is 0 Å². The van der Waals surface area contributed by atoms with Crippen molar-refractivity contribution in [1.29, 1.82) is 0 Å². The van der Waals surface area contributed by atoms with Crippen LogP contribution in [0.4, 0.5) is 5.82 Å². The van der Waals surface area contributed by atoms with Gasteiger partial charge in [-0.05, 0) is 29.3 Å². The molecular formula is C14H15N3S2. The minimum atomic E-state index is 0.336. The summed E-state index contributed by atoms with van der Waals surface area (Å²) in [6.45, 7) is 2.21. The molecule has 98 valence electrons. The van der Waals surface area contributed by atoms with E-state index >= 15 is 0 Å². The van der Waals surface area contributed by atoms with Gasteiger partial charge >= 0.3 is 0 Å². The zero-order valence-electron chi connectivity index (χ0n) is 10.7. The van der Waals surface area contributed by atoms with Crippen LogP contribution in [0.5, 0.6) is 0 Å². The van der Waals surface area contributed by atoms with E-state index in [1.165, 1.54) is 4.88 Å². The highest BCUT2D eigenvalue weighted by atomic mass is 32.1. The first kappa shape index (κ1) is 12.6. The molecule has 0 radical (unpaired) electrons. The lowest BCUT2D eigenvalue weighted by Crippen LogP contribution is -2.10. The van der Waals surface area contributed by atoms with Crippen molar-refractivity contribution in [3.8, 4) is 0 Å². The normalized spacial score (nSPS) is 12.7. The van der Waals surface area contributed by atoms with Crippen molar-refractivity contribution in [2.75, 3.05) is 5.32 Å². The molecule has 1 unspecified atom stereocenters. The summed E-state index contributed by atoms with van der Waals surface area (Å²) in [5.41, 5.74) is 0. The molecule has 0 spiro atoms. The Bertz CT molecular complexity index is 646. The van der Waals surface area contributed by atoms with E-state index in [9.17, 15) is 0 Å². The predicted molar refractivity (Wildman–Crippen MR) is 83.0 cm³/mol. The van der Waals surface area contributed by atoms with Crippen LogP contribution < -0.4 is 5.32 Å². The zero-order valence-corrected chi connectivity index (χ0v) is 12.3. The second kappa shape index (κ2) is 5.67. The molecule has 3 aromatic rings. The van der Waals surface area contributed by atoms with E-state index in [2.05, 4.69) is 51.2 Å². The van der Waals surface area contributed by atoms with Crippen LogP contribution in [0.3, 0.4) is 0 Å². The van der Waals surface area contributed by atoms with Crippen LogP contribution >= 0.6 is 22.7 Å². The highest BCUT2D eigenvalue weighted by molar-refractivity contribution is 7.16. The fraction of sp³-hybridized carbons (Fsp3) is 0.286. The van der Waals surface area contributed by atoms with Crippen LogP contribution in [0.25, 0.3) is 10.2 Å². The van der Waals surface area contributed by atoms with Crippen LogP contribution in [0.2, 0.25) is 0 Å². The van der Waals surface area contributed by atoms with Crippen molar-refractivity contribution in [3.63, 3.8) is 0 Å². The minimum absolute atomic E-state index is 0.336. The van der Waals surface area contributed by atoms with Crippen LogP contribution in [-0.2, 0) is 0 Å². The number of rotatable bonds is 5. The zero-order chi connectivity index (χ0) is 13.1. The summed E-state index contributed by atoms with van der Waals surface area (Å²) < 4.78 is 0. The Kier molecular flexibility index (Phi) is 3.75. The van der Waals surface area contributed by atoms with Gasteiger partial charge in [-0.1, -0.05) is 19.4 Å². The maximum atomic E-state index is 4.40. The molecule has 0 aromatic carbocycles. The van der Waals surface area contributed by atoms with Gasteiger partial charge in [-0.15, -0.1) is 22.7 Å². The van der Waals surface area contributed by atoms with E-state index in [-0.39, 0.29) is 0 Å². The van der Waals surface area contributed by atoms with Crippen LogP contribution in [0.1, 0.15) is 30.7 Å². The molecule has 0 aliphatic rings. The number of hydrogen-bond acceptors (Lipinski definition) is 5. The lowest BCUT2D eigenvalue weighted by molar-refractivity contribution is 0.685. The van der Waals surface area contributed by atoms with Gasteiger partial charge in [-0.3, -0.25) is 0 Å². The average Bonchev–Trinajstić information content (AvgIpc) is 3.10. The molecule has 0 aliphatic heterocycles. The third kappa shape index (κ3) is 2.62. The standard InChI is InChI=1S/C14H15N3S2/c1-2-4-11(12-5-3-7-18-12)17-13-10-6-8-19-14(10)16-9-15-13/h3,5-9,11H,2,4H2,1H3,(H,15,16,17). The molecule has 0 bridgehead atoms. The monoisotopic (exact) mass is 289 g/mol. The SMILES string of the molecule is CCCC(Nc1ncnc2sccc12)c1cccs1. The number of nitrogens with zero attached hydrogens (tertiary/aromatic N) is 2. The molecule has 5 heteroatoms. The van der Waals surface area contributed by atoms with Crippen molar-refractivity contribution in [3.05, 3.63) is 40.2 Å². The lowest BCUT2D eigenvalue weighted by Gasteiger charge is -2.17. The number of thiophene rings is 2. The third-order valence-electron chi connectivity index (χ3n) is 3.04. The summed E-state index contributed by atoms with van der Waals surface area (Å²) in [7, 11) is 0. The quantitative estimate of drug-likeness (QED) is 0.739. The van der Waals surface area contributed by atoms with E-state index in [4.69, 9.17) is 0 Å². The highest BCUT2D eigenvalue weighted by Gasteiger charge is 2.14. The Labute approximate surface area is 120 Å². The van der Waals surface area contributed by atoms with Gasteiger partial charge in [-0.2, -0.15) is 0 Å². The Morgan fingerprint density at radius 3 is 2.95 bits per heavy atom. The second-order valence-electron chi connectivity index (χ2n) is 4.36. The molecule has 1 N–H and O–H groups in total. The molecule has 0 fully saturated rings. The minimum Gasteiger partial charge on any atom is -0.362 e. The van der Waals surface area contributed by atoms with Gasteiger partial charge in [0.1, 0.15) is 17.0 Å². The first-order valence-electron chi connectivity index (χ1n) is 6.36. The molecule has 3 aromatic heterocycles. The molecule has 19 heavy (non-hydrogen) atoms. The van der Waals surface area contributed by atoms with Crippen LogP contribution in [0.15, 0.2) is 35.3 Å². The average molecular weight is 289 g/mol. The molecule has 3 nitrogen and oxygen atoms in total. The van der Waals surface area contributed by atoms with Gasteiger partial charge in [0.15, 0.2) is 0 Å². The Morgan fingerprint density at radius 1 is 1.21 bits per heavy atom. The predicted octanol–water partition coefficient (Wildman–Crippen LogP) is 4.71. The Balaban J connectivity index is 1.91. The van der Waals surface area contributed by atoms with E-state index in [1.807, 2.05) is 0 Å². The Morgan fingerprint density at radius 2 is 2.16 bits per heavy atom. The first-order valence-corrected chi connectivity index (χ1v) is 8.12. The summed E-state index contributed by atoms with van der Waals surface area (Å²) in [6.07, 6.45) is 3.89. The Hall–Kier alpha value is -1.46. The molecule has 0 amide bonds. The maximum Gasteiger partial charge on any atom is 0.138 e. The number of fused-ring (bicyclic) bond motifs is 1. The fourth-order valence-electron chi connectivity index (χ4n) is 2.13. The van der Waals surface area contributed by atoms with Crippen molar-refractivity contribution < 1.29 is 0 Å².